The minimum atomic E-state index is -1.45. The lowest BCUT2D eigenvalue weighted by Gasteiger charge is -2.36. The largest absolute Gasteiger partial charge is 0.486 e. The molecule has 4 heteroatoms. The zero-order valence-corrected chi connectivity index (χ0v) is 15.1. The van der Waals surface area contributed by atoms with Crippen LogP contribution in [0.5, 0.6) is 11.5 Å². The summed E-state index contributed by atoms with van der Waals surface area (Å²) in [5.74, 6) is 0.611. The van der Waals surface area contributed by atoms with E-state index in [9.17, 15) is 9.90 Å². The van der Waals surface area contributed by atoms with Crippen molar-refractivity contribution in [3.63, 3.8) is 0 Å². The third kappa shape index (κ3) is 3.09. The Morgan fingerprint density at radius 2 is 1.63 bits per heavy atom. The standard InChI is InChI=1S/C23H22O4/c1-4-13-23(25)18-10-8-7-9-16(18)21(24)17-11-12-19(26-14-5-2)22(20(17)23)27-15-6-3/h4-12,25H,1-3,13-15H2. The van der Waals surface area contributed by atoms with Crippen molar-refractivity contribution in [1.29, 1.82) is 0 Å². The molecule has 1 atom stereocenters. The Morgan fingerprint density at radius 3 is 2.33 bits per heavy atom. The van der Waals surface area contributed by atoms with Crippen molar-refractivity contribution in [2.45, 2.75) is 12.0 Å². The number of fused-ring (bicyclic) bond motifs is 2. The third-order valence-corrected chi connectivity index (χ3v) is 4.54. The summed E-state index contributed by atoms with van der Waals surface area (Å²) >= 11 is 0. The highest BCUT2D eigenvalue weighted by Gasteiger charge is 2.44. The third-order valence-electron chi connectivity index (χ3n) is 4.54. The fraction of sp³-hybridized carbons (Fsp3) is 0.174. The molecule has 0 saturated heterocycles. The highest BCUT2D eigenvalue weighted by atomic mass is 16.5. The number of rotatable bonds is 8. The smallest absolute Gasteiger partial charge is 0.193 e. The monoisotopic (exact) mass is 362 g/mol. The van der Waals surface area contributed by atoms with E-state index in [1.54, 1.807) is 54.6 Å². The van der Waals surface area contributed by atoms with E-state index in [-0.39, 0.29) is 25.4 Å². The van der Waals surface area contributed by atoms with Crippen molar-refractivity contribution >= 4 is 5.78 Å². The van der Waals surface area contributed by atoms with Gasteiger partial charge in [-0.3, -0.25) is 4.79 Å². The molecule has 0 radical (unpaired) electrons. The molecule has 4 nitrogen and oxygen atoms in total. The quantitative estimate of drug-likeness (QED) is 0.716. The number of carbonyl (C=O) groups is 1. The van der Waals surface area contributed by atoms with Gasteiger partial charge in [-0.25, -0.2) is 0 Å². The molecule has 0 spiro atoms. The number of hydrogen-bond donors (Lipinski definition) is 1. The van der Waals surface area contributed by atoms with Crippen molar-refractivity contribution < 1.29 is 19.4 Å². The van der Waals surface area contributed by atoms with Gasteiger partial charge in [0.05, 0.1) is 0 Å². The van der Waals surface area contributed by atoms with Crippen LogP contribution in [0.25, 0.3) is 0 Å². The first-order valence-corrected chi connectivity index (χ1v) is 8.70. The molecule has 1 unspecified atom stereocenters. The summed E-state index contributed by atoms with van der Waals surface area (Å²) < 4.78 is 11.6. The Morgan fingerprint density at radius 1 is 0.926 bits per heavy atom. The Labute approximate surface area is 159 Å². The average molecular weight is 362 g/mol. The lowest BCUT2D eigenvalue weighted by atomic mass is 9.72. The van der Waals surface area contributed by atoms with Crippen LogP contribution in [0.15, 0.2) is 74.4 Å². The van der Waals surface area contributed by atoms with E-state index in [1.807, 2.05) is 0 Å². The van der Waals surface area contributed by atoms with Crippen LogP contribution in [-0.2, 0) is 5.60 Å². The van der Waals surface area contributed by atoms with E-state index in [2.05, 4.69) is 19.7 Å². The number of ketones is 1. The lowest BCUT2D eigenvalue weighted by molar-refractivity contribution is 0.0710. The van der Waals surface area contributed by atoms with E-state index in [1.165, 1.54) is 0 Å². The van der Waals surface area contributed by atoms with E-state index >= 15 is 0 Å². The van der Waals surface area contributed by atoms with Crippen molar-refractivity contribution in [2.24, 2.45) is 0 Å². The Kier molecular flexibility index (Phi) is 5.28. The number of benzene rings is 2. The molecule has 1 N–H and O–H groups in total. The van der Waals surface area contributed by atoms with Gasteiger partial charge in [0.15, 0.2) is 17.3 Å². The van der Waals surface area contributed by atoms with Gasteiger partial charge in [-0.15, -0.1) is 6.58 Å². The number of aliphatic hydroxyl groups is 1. The van der Waals surface area contributed by atoms with Gasteiger partial charge >= 0.3 is 0 Å². The average Bonchev–Trinajstić information content (AvgIpc) is 2.69. The molecule has 0 aliphatic heterocycles. The molecule has 2 aromatic carbocycles. The first-order chi connectivity index (χ1) is 13.1. The molecule has 0 heterocycles. The predicted molar refractivity (Wildman–Crippen MR) is 106 cm³/mol. The molecular formula is C23H22O4. The second-order valence-corrected chi connectivity index (χ2v) is 6.24. The Hall–Kier alpha value is -3.11. The highest BCUT2D eigenvalue weighted by Crippen LogP contribution is 2.49. The van der Waals surface area contributed by atoms with Crippen molar-refractivity contribution in [3.8, 4) is 11.5 Å². The van der Waals surface area contributed by atoms with Crippen LogP contribution >= 0.6 is 0 Å². The van der Waals surface area contributed by atoms with Crippen LogP contribution in [0.3, 0.4) is 0 Å². The molecule has 0 bridgehead atoms. The molecule has 2 aromatic rings. The fourth-order valence-electron chi connectivity index (χ4n) is 3.45. The molecule has 1 aliphatic carbocycles. The second-order valence-electron chi connectivity index (χ2n) is 6.24. The number of ether oxygens (including phenoxy) is 2. The summed E-state index contributed by atoms with van der Waals surface area (Å²) in [6.07, 6.45) is 5.07. The summed E-state index contributed by atoms with van der Waals surface area (Å²) in [6, 6.07) is 10.4. The van der Waals surface area contributed by atoms with E-state index in [0.717, 1.165) is 0 Å². The minimum absolute atomic E-state index is 0.159. The summed E-state index contributed by atoms with van der Waals surface area (Å²) in [6.45, 7) is 11.6. The van der Waals surface area contributed by atoms with Gasteiger partial charge in [0.1, 0.15) is 18.8 Å². The van der Waals surface area contributed by atoms with Crippen molar-refractivity contribution in [1.82, 2.24) is 0 Å². The summed E-state index contributed by atoms with van der Waals surface area (Å²) in [5, 5.41) is 11.7. The van der Waals surface area contributed by atoms with Crippen molar-refractivity contribution in [3.05, 3.63) is 96.6 Å². The summed E-state index contributed by atoms with van der Waals surface area (Å²) in [4.78, 5) is 13.1. The molecule has 138 valence electrons. The molecule has 27 heavy (non-hydrogen) atoms. The molecular weight excluding hydrogens is 340 g/mol. The zero-order valence-electron chi connectivity index (χ0n) is 15.1. The molecule has 0 saturated carbocycles. The van der Waals surface area contributed by atoms with Gasteiger partial charge in [-0.05, 0) is 17.7 Å². The molecule has 0 amide bonds. The lowest BCUT2D eigenvalue weighted by Crippen LogP contribution is -2.36. The molecule has 0 aromatic heterocycles. The second kappa shape index (κ2) is 7.64. The fourth-order valence-corrected chi connectivity index (χ4v) is 3.45. The van der Waals surface area contributed by atoms with Crippen LogP contribution in [0.1, 0.15) is 33.5 Å². The maximum atomic E-state index is 13.1. The van der Waals surface area contributed by atoms with Gasteiger partial charge in [0.25, 0.3) is 0 Å². The van der Waals surface area contributed by atoms with Crippen LogP contribution in [0.2, 0.25) is 0 Å². The topological polar surface area (TPSA) is 55.8 Å². The van der Waals surface area contributed by atoms with Gasteiger partial charge < -0.3 is 14.6 Å². The van der Waals surface area contributed by atoms with Gasteiger partial charge in [0, 0.05) is 23.1 Å². The van der Waals surface area contributed by atoms with Crippen LogP contribution in [-0.4, -0.2) is 24.1 Å². The van der Waals surface area contributed by atoms with Crippen molar-refractivity contribution in [2.75, 3.05) is 13.2 Å². The first-order valence-electron chi connectivity index (χ1n) is 8.70. The van der Waals surface area contributed by atoms with E-state index in [4.69, 9.17) is 9.47 Å². The Bertz CT molecular complexity index is 913. The first kappa shape index (κ1) is 18.7. The maximum Gasteiger partial charge on any atom is 0.193 e. The van der Waals surface area contributed by atoms with Crippen LogP contribution in [0, 0.1) is 0 Å². The number of carbonyl (C=O) groups excluding carboxylic acids is 1. The van der Waals surface area contributed by atoms with E-state index < -0.39 is 5.60 Å². The maximum absolute atomic E-state index is 13.1. The molecule has 0 fully saturated rings. The zero-order chi connectivity index (χ0) is 19.4. The van der Waals surface area contributed by atoms with Gasteiger partial charge in [0.2, 0.25) is 0 Å². The predicted octanol–water partition coefficient (Wildman–Crippen LogP) is 4.17. The van der Waals surface area contributed by atoms with Gasteiger partial charge in [-0.1, -0.05) is 55.7 Å². The van der Waals surface area contributed by atoms with Crippen LogP contribution in [0.4, 0.5) is 0 Å². The normalized spacial score (nSPS) is 17.4. The van der Waals surface area contributed by atoms with Gasteiger partial charge in [-0.2, -0.15) is 0 Å². The minimum Gasteiger partial charge on any atom is -0.486 e. The SMILES string of the molecule is C=CCOc1ccc2c(c1OCC=C)C(O)(CC=C)c1ccccc1C2=O. The summed E-state index contributed by atoms with van der Waals surface area (Å²) in [5.41, 5.74) is 0.346. The van der Waals surface area contributed by atoms with Crippen LogP contribution < -0.4 is 9.47 Å². The number of hydrogen-bond acceptors (Lipinski definition) is 4. The van der Waals surface area contributed by atoms with E-state index in [0.29, 0.717) is 33.8 Å². The molecule has 1 aliphatic rings. The Balaban J connectivity index is 2.31. The summed E-state index contributed by atoms with van der Waals surface area (Å²) in [7, 11) is 0. The molecule has 3 rings (SSSR count). The highest BCUT2D eigenvalue weighted by molar-refractivity contribution is 6.13.